The number of carbonyl (C=O) groups is 4. The molecule has 3 heterocycles. The Morgan fingerprint density at radius 1 is 0.981 bits per heavy atom. The van der Waals surface area contributed by atoms with Crippen molar-refractivity contribution in [3.05, 3.63) is 29.8 Å². The van der Waals surface area contributed by atoms with E-state index in [9.17, 15) is 24.3 Å². The third kappa shape index (κ3) is 8.73. The first-order valence-electron chi connectivity index (χ1n) is 18.7. The Bertz CT molecular complexity index is 1460. The number of nitrogens with one attached hydrogen (secondary N) is 1. The molecule has 3 fully saturated rings. The molecule has 4 rings (SSSR count). The predicted molar refractivity (Wildman–Crippen MR) is 195 cm³/mol. The second-order valence-corrected chi connectivity index (χ2v) is 15.7. The molecule has 3 aliphatic rings. The molecule has 0 radical (unpaired) electrons. The largest absolute Gasteiger partial charge is 0.497 e. The summed E-state index contributed by atoms with van der Waals surface area (Å²) in [6.07, 6.45) is -4.30. The van der Waals surface area contributed by atoms with Crippen LogP contribution in [0.4, 0.5) is 4.79 Å². The van der Waals surface area contributed by atoms with Gasteiger partial charge in [0.2, 0.25) is 0 Å². The quantitative estimate of drug-likeness (QED) is 0.277. The zero-order chi connectivity index (χ0) is 39.6. The maximum Gasteiger partial charge on any atom is 0.425 e. The molecule has 53 heavy (non-hydrogen) atoms. The van der Waals surface area contributed by atoms with Gasteiger partial charge in [-0.1, -0.05) is 39.8 Å². The lowest BCUT2D eigenvalue weighted by molar-refractivity contribution is -0.295. The van der Waals surface area contributed by atoms with Gasteiger partial charge in [-0.2, -0.15) is 0 Å². The van der Waals surface area contributed by atoms with Crippen LogP contribution in [-0.2, 0) is 44.6 Å². The van der Waals surface area contributed by atoms with E-state index in [2.05, 4.69) is 5.43 Å². The summed E-state index contributed by atoms with van der Waals surface area (Å²) in [5.41, 5.74) is 1.27. The second kappa shape index (κ2) is 17.1. The Balaban J connectivity index is 1.76. The smallest absolute Gasteiger partial charge is 0.425 e. The van der Waals surface area contributed by atoms with Crippen LogP contribution in [-0.4, -0.2) is 121 Å². The zero-order valence-electron chi connectivity index (χ0n) is 33.4. The number of cyclic esters (lactones) is 1. The molecule has 0 aliphatic carbocycles. The van der Waals surface area contributed by atoms with Crippen molar-refractivity contribution in [1.29, 1.82) is 0 Å². The molecule has 0 spiro atoms. The molecule has 0 aromatic heterocycles. The van der Waals surface area contributed by atoms with E-state index in [1.807, 2.05) is 38.1 Å². The number of hydrogen-bond acceptors (Lipinski definition) is 13. The van der Waals surface area contributed by atoms with E-state index in [0.29, 0.717) is 12.2 Å². The van der Waals surface area contributed by atoms with Gasteiger partial charge in [-0.05, 0) is 78.7 Å². The number of fused-ring (bicyclic) bond motifs is 1. The molecule has 1 aromatic rings. The monoisotopic (exact) mass is 747 g/mol. The van der Waals surface area contributed by atoms with Crippen LogP contribution in [0.3, 0.4) is 0 Å². The molecular weight excluding hydrogens is 686 g/mol. The van der Waals surface area contributed by atoms with Gasteiger partial charge < -0.3 is 38.4 Å². The zero-order valence-corrected chi connectivity index (χ0v) is 33.4. The van der Waals surface area contributed by atoms with Gasteiger partial charge in [0.15, 0.2) is 17.7 Å². The second-order valence-electron chi connectivity index (χ2n) is 15.7. The number of nitrogens with zero attached hydrogens (tertiary/aromatic N) is 2. The fourth-order valence-electron chi connectivity index (χ4n) is 8.45. The topological polar surface area (TPSA) is 162 Å². The van der Waals surface area contributed by atoms with Crippen molar-refractivity contribution in [3.8, 4) is 5.75 Å². The van der Waals surface area contributed by atoms with Crippen molar-refractivity contribution in [2.75, 3.05) is 28.3 Å². The van der Waals surface area contributed by atoms with E-state index in [1.54, 1.807) is 60.8 Å². The number of likely N-dealkylation sites (N-methyl/N-ethyl adjacent to an activating group) is 1. The predicted octanol–water partition coefficient (Wildman–Crippen LogP) is 3.90. The van der Waals surface area contributed by atoms with E-state index in [0.717, 1.165) is 5.56 Å². The number of hydrogen-bond donors (Lipinski definition) is 2. The lowest BCUT2D eigenvalue weighted by atomic mass is 9.73. The molecule has 1 aromatic carbocycles. The van der Waals surface area contributed by atoms with Crippen LogP contribution in [0, 0.1) is 23.7 Å². The number of amides is 1. The van der Waals surface area contributed by atoms with Gasteiger partial charge in [0.25, 0.3) is 0 Å². The summed E-state index contributed by atoms with van der Waals surface area (Å²) in [5.74, 6) is -4.46. The molecule has 3 aliphatic heterocycles. The first kappa shape index (κ1) is 42.6. The molecule has 2 N–H and O–H groups in total. The summed E-state index contributed by atoms with van der Waals surface area (Å²) < 4.78 is 36.2. The van der Waals surface area contributed by atoms with Crippen LogP contribution in [0.5, 0.6) is 5.75 Å². The van der Waals surface area contributed by atoms with Gasteiger partial charge in [-0.15, -0.1) is 0 Å². The minimum atomic E-state index is -1.47. The van der Waals surface area contributed by atoms with E-state index in [1.165, 1.54) is 19.0 Å². The summed E-state index contributed by atoms with van der Waals surface area (Å²) >= 11 is 0. The van der Waals surface area contributed by atoms with Crippen LogP contribution in [0.2, 0.25) is 0 Å². The Hall–Kier alpha value is -3.14. The molecule has 3 saturated heterocycles. The van der Waals surface area contributed by atoms with E-state index < -0.39 is 83.4 Å². The van der Waals surface area contributed by atoms with Crippen molar-refractivity contribution in [3.63, 3.8) is 0 Å². The van der Waals surface area contributed by atoms with E-state index in [4.69, 9.17) is 28.4 Å². The average molecular weight is 748 g/mol. The lowest BCUT2D eigenvalue weighted by Crippen LogP contribution is -2.61. The van der Waals surface area contributed by atoms with Gasteiger partial charge in [0.1, 0.15) is 35.7 Å². The number of methoxy groups -OCH3 is 2. The minimum Gasteiger partial charge on any atom is -0.497 e. The maximum absolute atomic E-state index is 14.6. The Labute approximate surface area is 314 Å². The number of esters is 1. The van der Waals surface area contributed by atoms with E-state index in [-0.39, 0.29) is 37.3 Å². The lowest BCUT2D eigenvalue weighted by Gasteiger charge is -2.47. The average Bonchev–Trinajstić information content (AvgIpc) is 3.39. The highest BCUT2D eigenvalue weighted by Crippen LogP contribution is 2.42. The van der Waals surface area contributed by atoms with Gasteiger partial charge in [0.05, 0.1) is 24.9 Å². The third-order valence-electron chi connectivity index (χ3n) is 11.7. The highest BCUT2D eigenvalue weighted by Gasteiger charge is 2.61. The van der Waals surface area contributed by atoms with Crippen molar-refractivity contribution in [2.45, 2.75) is 135 Å². The normalized spacial score (nSPS) is 39.0. The van der Waals surface area contributed by atoms with Crippen molar-refractivity contribution in [2.24, 2.45) is 23.7 Å². The molecule has 0 unspecified atom stereocenters. The molecule has 0 saturated carbocycles. The number of Topliss-reactive ketones (excluding diaryl/α,β-unsaturated/α-hetero) is 2. The third-order valence-corrected chi connectivity index (χ3v) is 11.7. The summed E-state index contributed by atoms with van der Waals surface area (Å²) in [7, 11) is 6.79. The van der Waals surface area contributed by atoms with Gasteiger partial charge >= 0.3 is 12.1 Å². The van der Waals surface area contributed by atoms with Crippen LogP contribution < -0.4 is 10.2 Å². The summed E-state index contributed by atoms with van der Waals surface area (Å²) in [6.45, 7) is 14.0. The van der Waals surface area contributed by atoms with Crippen LogP contribution >= 0.6 is 0 Å². The number of benzene rings is 1. The number of ketones is 2. The Morgan fingerprint density at radius 2 is 1.62 bits per heavy atom. The minimum absolute atomic E-state index is 0.109. The first-order valence-corrected chi connectivity index (χ1v) is 18.7. The molecule has 13 atom stereocenters. The van der Waals surface area contributed by atoms with Gasteiger partial charge in [0, 0.05) is 37.5 Å². The van der Waals surface area contributed by atoms with Crippen molar-refractivity contribution in [1.82, 2.24) is 15.3 Å². The van der Waals surface area contributed by atoms with Gasteiger partial charge in [-0.25, -0.2) is 15.2 Å². The standard InChI is InChI=1S/C39H61N3O11/c1-13-29-39(8)33(42(37(47)53-39)40-20-26-14-16-27(48-11)17-15-26)23(4)30(43)21(2)19-38(7,49-12)34(24(5)31(44)25(6)35(46)51-29)52-36-32(45)28(41(9)10)18-22(3)50-36/h14-17,21-25,28-29,32-34,36,40,45H,13,18-20H2,1-12H3/t21-,22-,23+,24+,25-,28+,29-,32-,33-,34-,36+,38-,39-/m1/s1. The molecule has 14 heteroatoms. The Kier molecular flexibility index (Phi) is 13.8. The van der Waals surface area contributed by atoms with Crippen LogP contribution in [0.1, 0.15) is 80.2 Å². The number of aliphatic hydroxyl groups is 1. The molecule has 298 valence electrons. The van der Waals surface area contributed by atoms with Gasteiger partial charge in [-0.3, -0.25) is 14.4 Å². The number of carbonyl (C=O) groups excluding carboxylic acids is 4. The maximum atomic E-state index is 14.6. The summed E-state index contributed by atoms with van der Waals surface area (Å²) in [5, 5.41) is 12.7. The molecule has 1 amide bonds. The number of hydrazine groups is 1. The molecule has 0 bridgehead atoms. The molecular formula is C39H61N3O11. The summed E-state index contributed by atoms with van der Waals surface area (Å²) in [6, 6.07) is 6.13. The van der Waals surface area contributed by atoms with Crippen molar-refractivity contribution < 1.29 is 52.7 Å². The number of rotatable bonds is 9. The SMILES string of the molecule is CC[C@H]1OC(=O)[C@H](C)C(=O)[C@H](C)[C@@H](O[C@@H]2O[C@H](C)C[C@H](N(C)C)[C@H]2O)[C@](C)(OC)C[C@@H](C)C(=O)[C@H](C)[C@H]2N(NCc3ccc(OC)cc3)C(=O)O[C@]12C. The van der Waals surface area contributed by atoms with Crippen LogP contribution in [0.15, 0.2) is 24.3 Å². The highest BCUT2D eigenvalue weighted by atomic mass is 16.7. The number of aliphatic hydroxyl groups excluding tert-OH is 1. The fraction of sp³-hybridized carbons (Fsp3) is 0.744. The fourth-order valence-corrected chi connectivity index (χ4v) is 8.45. The van der Waals surface area contributed by atoms with Crippen LogP contribution in [0.25, 0.3) is 0 Å². The first-order chi connectivity index (χ1) is 24.8. The molecule has 14 nitrogen and oxygen atoms in total. The number of ether oxygens (including phenoxy) is 6. The summed E-state index contributed by atoms with van der Waals surface area (Å²) in [4.78, 5) is 58.3. The highest BCUT2D eigenvalue weighted by molar-refractivity contribution is 6.00. The van der Waals surface area contributed by atoms with E-state index >= 15 is 0 Å². The van der Waals surface area contributed by atoms with Crippen molar-refractivity contribution >= 4 is 23.6 Å². The Morgan fingerprint density at radius 3 is 2.19 bits per heavy atom.